The SMILES string of the molecule is CN1C[C@H](CCNC(=O)c2ccccc2Cl)CC2c3cccc4[nH]cc(c34)C[C@H]21. The van der Waals surface area contributed by atoms with Crippen LogP contribution in [0.3, 0.4) is 0 Å². The molecule has 0 spiro atoms. The van der Waals surface area contributed by atoms with E-state index in [2.05, 4.69) is 46.6 Å². The molecule has 1 fully saturated rings. The van der Waals surface area contributed by atoms with Crippen LogP contribution in [-0.4, -0.2) is 42.0 Å². The molecule has 2 N–H and O–H groups in total. The van der Waals surface area contributed by atoms with Gasteiger partial charge in [-0.3, -0.25) is 4.79 Å². The van der Waals surface area contributed by atoms with Gasteiger partial charge in [-0.2, -0.15) is 0 Å². The predicted octanol–water partition coefficient (Wildman–Crippen LogP) is 4.60. The fraction of sp³-hybridized carbons (Fsp3) is 0.375. The Balaban J connectivity index is 1.27. The zero-order valence-electron chi connectivity index (χ0n) is 16.6. The van der Waals surface area contributed by atoms with Gasteiger partial charge < -0.3 is 15.2 Å². The summed E-state index contributed by atoms with van der Waals surface area (Å²) in [4.78, 5) is 18.4. The molecular weight excluding hydrogens is 382 g/mol. The van der Waals surface area contributed by atoms with E-state index in [-0.39, 0.29) is 5.91 Å². The molecule has 3 atom stereocenters. The Morgan fingerprint density at radius 1 is 1.24 bits per heavy atom. The molecule has 2 aromatic carbocycles. The van der Waals surface area contributed by atoms with E-state index in [0.29, 0.717) is 35.0 Å². The molecule has 1 aliphatic carbocycles. The van der Waals surface area contributed by atoms with Gasteiger partial charge in [-0.05, 0) is 61.6 Å². The predicted molar refractivity (Wildman–Crippen MR) is 118 cm³/mol. The molecule has 5 heteroatoms. The standard InChI is InChI=1S/C24H26ClN3O/c1-28-14-15(9-10-26-24(29)18-5-2-3-7-20(18)25)11-19-17-6-4-8-21-23(17)16(13-27-21)12-22(19)28/h2-8,13,15,19,22,27H,9-12,14H2,1H3,(H,26,29)/t15-,19?,22-/m1/s1. The van der Waals surface area contributed by atoms with Crippen molar-refractivity contribution in [3.05, 3.63) is 70.4 Å². The Hall–Kier alpha value is -2.30. The highest BCUT2D eigenvalue weighted by Crippen LogP contribution is 2.44. The number of benzene rings is 2. The number of piperidine rings is 1. The summed E-state index contributed by atoms with van der Waals surface area (Å²) in [5.41, 5.74) is 4.75. The minimum Gasteiger partial charge on any atom is -0.361 e. The maximum Gasteiger partial charge on any atom is 0.252 e. The van der Waals surface area contributed by atoms with Gasteiger partial charge in [0, 0.05) is 42.1 Å². The minimum atomic E-state index is -0.0861. The highest BCUT2D eigenvalue weighted by atomic mass is 35.5. The summed E-state index contributed by atoms with van der Waals surface area (Å²) < 4.78 is 0. The van der Waals surface area contributed by atoms with Crippen molar-refractivity contribution in [1.82, 2.24) is 15.2 Å². The first-order valence-corrected chi connectivity index (χ1v) is 10.8. The molecule has 1 unspecified atom stereocenters. The van der Waals surface area contributed by atoms with Crippen LogP contribution in [0.4, 0.5) is 0 Å². The molecular formula is C24H26ClN3O. The summed E-state index contributed by atoms with van der Waals surface area (Å²) >= 11 is 6.14. The summed E-state index contributed by atoms with van der Waals surface area (Å²) in [6, 6.07) is 14.4. The molecule has 3 aromatic rings. The maximum atomic E-state index is 12.4. The molecule has 0 radical (unpaired) electrons. The third-order valence-corrected chi connectivity index (χ3v) is 7.10. The fourth-order valence-corrected chi connectivity index (χ4v) is 5.62. The van der Waals surface area contributed by atoms with E-state index in [4.69, 9.17) is 11.6 Å². The summed E-state index contributed by atoms with van der Waals surface area (Å²) in [5.74, 6) is 1.05. The molecule has 4 nitrogen and oxygen atoms in total. The number of aromatic amines is 1. The Morgan fingerprint density at radius 2 is 2.10 bits per heavy atom. The van der Waals surface area contributed by atoms with Crippen LogP contribution in [0.2, 0.25) is 5.02 Å². The van der Waals surface area contributed by atoms with E-state index >= 15 is 0 Å². The van der Waals surface area contributed by atoms with Gasteiger partial charge in [0.1, 0.15) is 0 Å². The topological polar surface area (TPSA) is 48.1 Å². The third kappa shape index (κ3) is 3.34. The van der Waals surface area contributed by atoms with Gasteiger partial charge in [-0.15, -0.1) is 0 Å². The number of rotatable bonds is 4. The van der Waals surface area contributed by atoms with E-state index in [1.807, 2.05) is 12.1 Å². The zero-order valence-corrected chi connectivity index (χ0v) is 17.4. The largest absolute Gasteiger partial charge is 0.361 e. The van der Waals surface area contributed by atoms with Gasteiger partial charge in [-0.1, -0.05) is 35.9 Å². The van der Waals surface area contributed by atoms with Crippen LogP contribution >= 0.6 is 11.6 Å². The first-order valence-electron chi connectivity index (χ1n) is 10.4. The van der Waals surface area contributed by atoms with E-state index in [9.17, 15) is 4.79 Å². The van der Waals surface area contributed by atoms with Crippen LogP contribution in [-0.2, 0) is 6.42 Å². The average molecular weight is 408 g/mol. The number of halogens is 1. The van der Waals surface area contributed by atoms with Crippen molar-refractivity contribution in [2.75, 3.05) is 20.1 Å². The van der Waals surface area contributed by atoms with Crippen LogP contribution in [0.25, 0.3) is 10.9 Å². The number of likely N-dealkylation sites (tertiary alicyclic amines) is 1. The smallest absolute Gasteiger partial charge is 0.252 e. The lowest BCUT2D eigenvalue weighted by molar-refractivity contribution is 0.0926. The van der Waals surface area contributed by atoms with Crippen molar-refractivity contribution in [2.45, 2.75) is 31.2 Å². The van der Waals surface area contributed by atoms with Gasteiger partial charge in [0.25, 0.3) is 5.91 Å². The Morgan fingerprint density at radius 3 is 2.97 bits per heavy atom. The van der Waals surface area contributed by atoms with E-state index in [1.54, 1.807) is 12.1 Å². The van der Waals surface area contributed by atoms with Crippen LogP contribution in [0.15, 0.2) is 48.7 Å². The first-order chi connectivity index (χ1) is 14.1. The van der Waals surface area contributed by atoms with Gasteiger partial charge >= 0.3 is 0 Å². The number of carbonyl (C=O) groups excluding carboxylic acids is 1. The van der Waals surface area contributed by atoms with Crippen LogP contribution < -0.4 is 5.32 Å². The summed E-state index contributed by atoms with van der Waals surface area (Å²) in [6.07, 6.45) is 5.48. The summed E-state index contributed by atoms with van der Waals surface area (Å²) in [6.45, 7) is 1.76. The number of aromatic nitrogens is 1. The van der Waals surface area contributed by atoms with E-state index in [0.717, 1.165) is 19.4 Å². The van der Waals surface area contributed by atoms with Crippen molar-refractivity contribution in [1.29, 1.82) is 0 Å². The molecule has 150 valence electrons. The molecule has 1 saturated heterocycles. The number of fused-ring (bicyclic) bond motifs is 2. The van der Waals surface area contributed by atoms with Crippen LogP contribution in [0, 0.1) is 5.92 Å². The molecule has 0 bridgehead atoms. The van der Waals surface area contributed by atoms with Crippen molar-refractivity contribution < 1.29 is 4.79 Å². The molecule has 5 rings (SSSR count). The Labute approximate surface area is 176 Å². The van der Waals surface area contributed by atoms with E-state index in [1.165, 1.54) is 28.5 Å². The number of nitrogens with one attached hydrogen (secondary N) is 2. The number of likely N-dealkylation sites (N-methyl/N-ethyl adjacent to an activating group) is 1. The Kier molecular flexibility index (Phi) is 4.84. The lowest BCUT2D eigenvalue weighted by Gasteiger charge is -2.45. The van der Waals surface area contributed by atoms with Gasteiger partial charge in [-0.25, -0.2) is 0 Å². The second-order valence-corrected chi connectivity index (χ2v) is 8.93. The zero-order chi connectivity index (χ0) is 20.0. The van der Waals surface area contributed by atoms with Crippen molar-refractivity contribution in [3.63, 3.8) is 0 Å². The molecule has 0 saturated carbocycles. The highest BCUT2D eigenvalue weighted by Gasteiger charge is 2.39. The highest BCUT2D eigenvalue weighted by molar-refractivity contribution is 6.33. The van der Waals surface area contributed by atoms with E-state index < -0.39 is 0 Å². The Bertz CT molecular complexity index is 1060. The number of H-pyrrole nitrogens is 1. The molecule has 1 amide bonds. The quantitative estimate of drug-likeness (QED) is 0.663. The second kappa shape index (κ2) is 7.51. The molecule has 2 heterocycles. The fourth-order valence-electron chi connectivity index (χ4n) is 5.39. The van der Waals surface area contributed by atoms with Crippen molar-refractivity contribution >= 4 is 28.4 Å². The minimum absolute atomic E-state index is 0.0861. The third-order valence-electron chi connectivity index (χ3n) is 6.77. The van der Waals surface area contributed by atoms with Gasteiger partial charge in [0.05, 0.1) is 10.6 Å². The molecule has 2 aliphatic rings. The van der Waals surface area contributed by atoms with Gasteiger partial charge in [0.2, 0.25) is 0 Å². The van der Waals surface area contributed by atoms with Crippen LogP contribution in [0.5, 0.6) is 0 Å². The second-order valence-electron chi connectivity index (χ2n) is 8.53. The van der Waals surface area contributed by atoms with Crippen molar-refractivity contribution in [3.8, 4) is 0 Å². The number of nitrogens with zero attached hydrogens (tertiary/aromatic N) is 1. The van der Waals surface area contributed by atoms with Crippen molar-refractivity contribution in [2.24, 2.45) is 5.92 Å². The lowest BCUT2D eigenvalue weighted by Crippen LogP contribution is -2.48. The summed E-state index contributed by atoms with van der Waals surface area (Å²) in [7, 11) is 2.25. The number of hydrogen-bond donors (Lipinski definition) is 2. The molecule has 29 heavy (non-hydrogen) atoms. The first kappa shape index (κ1) is 18.7. The molecule has 1 aromatic heterocycles. The number of hydrogen-bond acceptors (Lipinski definition) is 2. The number of amides is 1. The van der Waals surface area contributed by atoms with Crippen LogP contribution in [0.1, 0.15) is 40.2 Å². The number of carbonyl (C=O) groups is 1. The monoisotopic (exact) mass is 407 g/mol. The lowest BCUT2D eigenvalue weighted by atomic mass is 9.72. The maximum absolute atomic E-state index is 12.4. The summed E-state index contributed by atoms with van der Waals surface area (Å²) in [5, 5.41) is 5.00. The normalized spacial score (nSPS) is 23.7. The molecule has 1 aliphatic heterocycles. The van der Waals surface area contributed by atoms with Gasteiger partial charge in [0.15, 0.2) is 0 Å². The average Bonchev–Trinajstić information content (AvgIpc) is 3.13.